The maximum absolute atomic E-state index is 10.4. The monoisotopic (exact) mass is 163 g/mol. The molecule has 0 aromatic heterocycles. The van der Waals surface area contributed by atoms with E-state index in [4.69, 9.17) is 4.74 Å². The Labute approximate surface area is 69.6 Å². The molecule has 0 bridgehead atoms. The Morgan fingerprint density at radius 1 is 1.50 bits per heavy atom. The van der Waals surface area contributed by atoms with E-state index in [2.05, 4.69) is 0 Å². The van der Waals surface area contributed by atoms with E-state index in [1.807, 2.05) is 18.2 Å². The number of carboxylic acids is 1. The fourth-order valence-corrected chi connectivity index (χ4v) is 1.31. The molecular weight excluding hydrogens is 156 g/mol. The third-order valence-electron chi connectivity index (χ3n) is 1.91. The van der Waals surface area contributed by atoms with Crippen molar-refractivity contribution in [3.05, 3.63) is 29.8 Å². The molecule has 0 unspecified atom stereocenters. The van der Waals surface area contributed by atoms with Crippen LogP contribution in [-0.2, 0) is 11.2 Å². The van der Waals surface area contributed by atoms with E-state index < -0.39 is 12.1 Å². The van der Waals surface area contributed by atoms with Gasteiger partial charge in [-0.15, -0.1) is 0 Å². The van der Waals surface area contributed by atoms with Gasteiger partial charge in [0, 0.05) is 6.42 Å². The molecule has 62 valence electrons. The maximum Gasteiger partial charge on any atom is 0.142 e. The van der Waals surface area contributed by atoms with Crippen molar-refractivity contribution >= 4 is 5.97 Å². The summed E-state index contributed by atoms with van der Waals surface area (Å²) in [7, 11) is 0. The van der Waals surface area contributed by atoms with Crippen molar-refractivity contribution in [2.45, 2.75) is 12.5 Å². The predicted molar refractivity (Wildman–Crippen MR) is 39.6 cm³/mol. The number of benzene rings is 1. The Kier molecular flexibility index (Phi) is 1.50. The second-order valence-corrected chi connectivity index (χ2v) is 2.74. The SMILES string of the molecule is O=C([O-])[C@@H]1Cc2ccccc2O1. The maximum atomic E-state index is 10.4. The molecule has 3 heteroatoms. The van der Waals surface area contributed by atoms with Crippen molar-refractivity contribution in [1.82, 2.24) is 0 Å². The molecule has 0 radical (unpaired) electrons. The molecule has 0 N–H and O–H groups in total. The minimum Gasteiger partial charge on any atom is -0.546 e. The number of para-hydroxylation sites is 1. The van der Waals surface area contributed by atoms with Crippen LogP contribution in [0.25, 0.3) is 0 Å². The standard InChI is InChI=1S/C9H8O3/c10-9(11)8-5-6-3-1-2-4-7(6)12-8/h1-4,8H,5H2,(H,10,11)/p-1/t8-/m0/s1. The zero-order valence-electron chi connectivity index (χ0n) is 6.32. The highest BCUT2D eigenvalue weighted by molar-refractivity contribution is 5.72. The first-order chi connectivity index (χ1) is 5.77. The van der Waals surface area contributed by atoms with Crippen molar-refractivity contribution in [3.8, 4) is 5.75 Å². The van der Waals surface area contributed by atoms with Crippen molar-refractivity contribution in [2.75, 3.05) is 0 Å². The third-order valence-corrected chi connectivity index (χ3v) is 1.91. The highest BCUT2D eigenvalue weighted by Crippen LogP contribution is 2.27. The normalized spacial score (nSPS) is 19.8. The molecule has 0 spiro atoms. The molecule has 1 aromatic rings. The second kappa shape index (κ2) is 2.52. The van der Waals surface area contributed by atoms with E-state index in [1.165, 1.54) is 0 Å². The quantitative estimate of drug-likeness (QED) is 0.573. The van der Waals surface area contributed by atoms with Gasteiger partial charge >= 0.3 is 0 Å². The van der Waals surface area contributed by atoms with Crippen LogP contribution in [0.4, 0.5) is 0 Å². The van der Waals surface area contributed by atoms with Gasteiger partial charge in [-0.25, -0.2) is 0 Å². The summed E-state index contributed by atoms with van der Waals surface area (Å²) in [5.74, 6) is -0.488. The van der Waals surface area contributed by atoms with E-state index in [-0.39, 0.29) is 0 Å². The highest BCUT2D eigenvalue weighted by Gasteiger charge is 2.22. The number of carboxylic acid groups (broad SMARTS) is 1. The van der Waals surface area contributed by atoms with Crippen LogP contribution < -0.4 is 9.84 Å². The molecule has 0 saturated carbocycles. The number of hydrogen-bond acceptors (Lipinski definition) is 3. The first-order valence-corrected chi connectivity index (χ1v) is 3.73. The summed E-state index contributed by atoms with van der Waals surface area (Å²) in [6, 6.07) is 7.30. The van der Waals surface area contributed by atoms with E-state index in [0.29, 0.717) is 12.2 Å². The van der Waals surface area contributed by atoms with Crippen LogP contribution in [0, 0.1) is 0 Å². The number of aliphatic carboxylic acids is 1. The molecule has 0 amide bonds. The van der Waals surface area contributed by atoms with E-state index in [0.717, 1.165) is 5.56 Å². The summed E-state index contributed by atoms with van der Waals surface area (Å²) in [5.41, 5.74) is 0.937. The van der Waals surface area contributed by atoms with Crippen LogP contribution in [0.15, 0.2) is 24.3 Å². The van der Waals surface area contributed by atoms with Gasteiger partial charge in [0.25, 0.3) is 0 Å². The van der Waals surface area contributed by atoms with Gasteiger partial charge in [0.05, 0.1) is 5.97 Å². The number of rotatable bonds is 1. The Morgan fingerprint density at radius 2 is 2.25 bits per heavy atom. The molecule has 1 aliphatic heterocycles. The van der Waals surface area contributed by atoms with Gasteiger partial charge in [-0.3, -0.25) is 0 Å². The molecule has 0 aliphatic carbocycles. The summed E-state index contributed by atoms with van der Waals surface area (Å²) in [5, 5.41) is 10.4. The third kappa shape index (κ3) is 1.03. The summed E-state index contributed by atoms with van der Waals surface area (Å²) in [4.78, 5) is 10.4. The predicted octanol–water partition coefficient (Wildman–Crippen LogP) is -0.260. The summed E-state index contributed by atoms with van der Waals surface area (Å²) in [6.07, 6.45) is -0.388. The van der Waals surface area contributed by atoms with Crippen molar-refractivity contribution in [1.29, 1.82) is 0 Å². The van der Waals surface area contributed by atoms with E-state index >= 15 is 0 Å². The fraction of sp³-hybridized carbons (Fsp3) is 0.222. The minimum atomic E-state index is -1.15. The summed E-state index contributed by atoms with van der Waals surface area (Å²) >= 11 is 0. The van der Waals surface area contributed by atoms with Gasteiger partial charge in [-0.1, -0.05) is 18.2 Å². The molecular formula is C9H7O3-. The topological polar surface area (TPSA) is 49.4 Å². The van der Waals surface area contributed by atoms with Gasteiger partial charge in [0.1, 0.15) is 11.9 Å². The van der Waals surface area contributed by atoms with Crippen molar-refractivity contribution in [2.24, 2.45) is 0 Å². The zero-order valence-corrected chi connectivity index (χ0v) is 6.32. The smallest absolute Gasteiger partial charge is 0.142 e. The molecule has 3 nitrogen and oxygen atoms in total. The van der Waals surface area contributed by atoms with Crippen molar-refractivity contribution < 1.29 is 14.6 Å². The molecule has 0 saturated heterocycles. The Morgan fingerprint density at radius 3 is 2.92 bits per heavy atom. The zero-order chi connectivity index (χ0) is 8.55. The molecule has 2 rings (SSSR count). The lowest BCUT2D eigenvalue weighted by Crippen LogP contribution is -2.38. The molecule has 1 heterocycles. The number of fused-ring (bicyclic) bond motifs is 1. The highest BCUT2D eigenvalue weighted by atomic mass is 16.5. The lowest BCUT2D eigenvalue weighted by atomic mass is 10.1. The van der Waals surface area contributed by atoms with Gasteiger partial charge in [0.15, 0.2) is 0 Å². The minimum absolute atomic E-state index is 0.415. The molecule has 0 fully saturated rings. The molecule has 1 atom stereocenters. The average molecular weight is 163 g/mol. The lowest BCUT2D eigenvalue weighted by molar-refractivity contribution is -0.312. The number of carbonyl (C=O) groups excluding carboxylic acids is 1. The van der Waals surface area contributed by atoms with Gasteiger partial charge in [-0.2, -0.15) is 0 Å². The van der Waals surface area contributed by atoms with Crippen LogP contribution in [-0.4, -0.2) is 12.1 Å². The molecule has 1 aromatic carbocycles. The summed E-state index contributed by atoms with van der Waals surface area (Å²) < 4.78 is 5.11. The van der Waals surface area contributed by atoms with Crippen molar-refractivity contribution in [3.63, 3.8) is 0 Å². The lowest BCUT2D eigenvalue weighted by Gasteiger charge is -2.10. The van der Waals surface area contributed by atoms with Crippen LogP contribution >= 0.6 is 0 Å². The van der Waals surface area contributed by atoms with Gasteiger partial charge < -0.3 is 14.6 Å². The first-order valence-electron chi connectivity index (χ1n) is 3.73. The summed E-state index contributed by atoms with van der Waals surface area (Å²) in [6.45, 7) is 0. The van der Waals surface area contributed by atoms with E-state index in [9.17, 15) is 9.90 Å². The largest absolute Gasteiger partial charge is 0.546 e. The Bertz CT molecular complexity index is 294. The van der Waals surface area contributed by atoms with Crippen LogP contribution in [0.2, 0.25) is 0 Å². The van der Waals surface area contributed by atoms with Gasteiger partial charge in [0.2, 0.25) is 0 Å². The number of ether oxygens (including phenoxy) is 1. The number of carbonyl (C=O) groups is 1. The molecule has 12 heavy (non-hydrogen) atoms. The second-order valence-electron chi connectivity index (χ2n) is 2.74. The number of hydrogen-bond donors (Lipinski definition) is 0. The fourth-order valence-electron chi connectivity index (χ4n) is 1.31. The first kappa shape index (κ1) is 7.16. The Balaban J connectivity index is 2.27. The van der Waals surface area contributed by atoms with Crippen LogP contribution in [0.3, 0.4) is 0 Å². The van der Waals surface area contributed by atoms with Crippen LogP contribution in [0.5, 0.6) is 5.75 Å². The van der Waals surface area contributed by atoms with Gasteiger partial charge in [-0.05, 0) is 11.6 Å². The van der Waals surface area contributed by atoms with Crippen LogP contribution in [0.1, 0.15) is 5.56 Å². The average Bonchev–Trinajstić information content (AvgIpc) is 2.46. The molecule has 1 aliphatic rings. The Hall–Kier alpha value is -1.51. The van der Waals surface area contributed by atoms with E-state index in [1.54, 1.807) is 6.07 Å².